The molecule has 0 fully saturated rings. The average molecular weight is 392 g/mol. The quantitative estimate of drug-likeness (QED) is 0.389. The van der Waals surface area contributed by atoms with Crippen molar-refractivity contribution < 1.29 is 14.5 Å². The van der Waals surface area contributed by atoms with Crippen LogP contribution in [0.15, 0.2) is 48.5 Å². The first kappa shape index (κ1) is 19.9. The molecule has 1 heterocycles. The van der Waals surface area contributed by atoms with E-state index in [0.29, 0.717) is 33.8 Å². The van der Waals surface area contributed by atoms with Crippen LogP contribution in [0, 0.1) is 24.0 Å². The predicted octanol–water partition coefficient (Wildman–Crippen LogP) is 3.91. The Hall–Kier alpha value is -3.81. The van der Waals surface area contributed by atoms with Crippen LogP contribution >= 0.6 is 0 Å². The van der Waals surface area contributed by atoms with E-state index in [1.807, 2.05) is 0 Å². The molecule has 8 nitrogen and oxygen atoms in total. The van der Waals surface area contributed by atoms with Crippen LogP contribution < -0.4 is 5.32 Å². The number of rotatable bonds is 6. The minimum absolute atomic E-state index is 0.0162. The minimum Gasteiger partial charge on any atom is -0.322 e. The lowest BCUT2D eigenvalue weighted by Gasteiger charge is -2.11. The molecule has 1 aromatic heterocycles. The van der Waals surface area contributed by atoms with E-state index < -0.39 is 4.92 Å². The molecule has 1 amide bonds. The maximum absolute atomic E-state index is 12.8. The number of nitrogens with one attached hydrogen (secondary N) is 1. The van der Waals surface area contributed by atoms with Crippen molar-refractivity contribution >= 4 is 23.1 Å². The molecule has 2 aromatic carbocycles. The molecule has 0 aliphatic carbocycles. The Bertz CT molecular complexity index is 1100. The molecule has 0 bridgehead atoms. The Balaban J connectivity index is 1.85. The molecule has 0 saturated heterocycles. The summed E-state index contributed by atoms with van der Waals surface area (Å²) in [4.78, 5) is 34.9. The number of hydrogen-bond donors (Lipinski definition) is 1. The SMILES string of the molecule is CC(=O)c1ccc(NC(=O)c2ccccc2Cn2nc(C)c([N+](=O)[O-])c2C)cc1. The molecule has 0 atom stereocenters. The number of carbonyl (C=O) groups excluding carboxylic acids is 2. The lowest BCUT2D eigenvalue weighted by atomic mass is 10.1. The monoisotopic (exact) mass is 392 g/mol. The van der Waals surface area contributed by atoms with Gasteiger partial charge in [0.05, 0.1) is 11.5 Å². The van der Waals surface area contributed by atoms with Crippen LogP contribution in [0.4, 0.5) is 11.4 Å². The van der Waals surface area contributed by atoms with Gasteiger partial charge >= 0.3 is 5.69 Å². The Labute approximate surface area is 167 Å². The molecular formula is C21H20N4O4. The predicted molar refractivity (Wildman–Crippen MR) is 108 cm³/mol. The summed E-state index contributed by atoms with van der Waals surface area (Å²) in [5, 5.41) is 18.3. The first-order valence-electron chi connectivity index (χ1n) is 8.96. The lowest BCUT2D eigenvalue weighted by Crippen LogP contribution is -2.16. The number of amides is 1. The van der Waals surface area contributed by atoms with Crippen molar-refractivity contribution in [3.63, 3.8) is 0 Å². The number of hydrogen-bond acceptors (Lipinski definition) is 5. The van der Waals surface area contributed by atoms with Crippen LogP contribution in [0.25, 0.3) is 0 Å². The molecule has 0 saturated carbocycles. The number of aryl methyl sites for hydroxylation is 1. The van der Waals surface area contributed by atoms with Crippen LogP contribution in [-0.2, 0) is 6.54 Å². The maximum Gasteiger partial charge on any atom is 0.312 e. The highest BCUT2D eigenvalue weighted by molar-refractivity contribution is 6.05. The standard InChI is InChI=1S/C21H20N4O4/c1-13-20(25(28)29)14(2)24(23-13)12-17-6-4-5-7-19(17)21(27)22-18-10-8-16(9-11-18)15(3)26/h4-11H,12H2,1-3H3,(H,22,27). The zero-order valence-electron chi connectivity index (χ0n) is 16.3. The van der Waals surface area contributed by atoms with Crippen LogP contribution in [0.1, 0.15) is 44.6 Å². The average Bonchev–Trinajstić information content (AvgIpc) is 2.95. The number of benzene rings is 2. The highest BCUT2D eigenvalue weighted by atomic mass is 16.6. The van der Waals surface area contributed by atoms with Crippen molar-refractivity contribution in [2.75, 3.05) is 5.32 Å². The highest BCUT2D eigenvalue weighted by Crippen LogP contribution is 2.23. The molecule has 29 heavy (non-hydrogen) atoms. The van der Waals surface area contributed by atoms with E-state index in [1.54, 1.807) is 62.4 Å². The minimum atomic E-state index is -0.447. The van der Waals surface area contributed by atoms with Gasteiger partial charge in [0.1, 0.15) is 11.4 Å². The van der Waals surface area contributed by atoms with E-state index >= 15 is 0 Å². The van der Waals surface area contributed by atoms with Crippen molar-refractivity contribution in [1.82, 2.24) is 9.78 Å². The largest absolute Gasteiger partial charge is 0.322 e. The van der Waals surface area contributed by atoms with E-state index in [-0.39, 0.29) is 23.9 Å². The van der Waals surface area contributed by atoms with Gasteiger partial charge in [0.15, 0.2) is 5.78 Å². The van der Waals surface area contributed by atoms with Crippen LogP contribution in [0.5, 0.6) is 0 Å². The van der Waals surface area contributed by atoms with E-state index in [1.165, 1.54) is 11.6 Å². The van der Waals surface area contributed by atoms with Crippen LogP contribution in [0.2, 0.25) is 0 Å². The fourth-order valence-corrected chi connectivity index (χ4v) is 3.13. The third-order valence-electron chi connectivity index (χ3n) is 4.66. The first-order valence-corrected chi connectivity index (χ1v) is 8.96. The van der Waals surface area contributed by atoms with Gasteiger partial charge in [0.25, 0.3) is 5.91 Å². The number of carbonyl (C=O) groups is 2. The number of nitro groups is 1. The third-order valence-corrected chi connectivity index (χ3v) is 4.66. The Morgan fingerprint density at radius 3 is 2.34 bits per heavy atom. The molecule has 1 N–H and O–H groups in total. The highest BCUT2D eigenvalue weighted by Gasteiger charge is 2.22. The third kappa shape index (κ3) is 4.21. The van der Waals surface area contributed by atoms with Gasteiger partial charge in [-0.2, -0.15) is 5.10 Å². The molecule has 148 valence electrons. The second kappa shape index (κ2) is 8.05. The summed E-state index contributed by atoms with van der Waals surface area (Å²) < 4.78 is 1.53. The Morgan fingerprint density at radius 1 is 1.10 bits per heavy atom. The Kier molecular flexibility index (Phi) is 5.54. The molecule has 0 unspecified atom stereocenters. The fourth-order valence-electron chi connectivity index (χ4n) is 3.13. The second-order valence-corrected chi connectivity index (χ2v) is 6.68. The molecular weight excluding hydrogens is 372 g/mol. The molecule has 0 aliphatic heterocycles. The van der Waals surface area contributed by atoms with E-state index in [0.717, 1.165) is 0 Å². The zero-order valence-corrected chi connectivity index (χ0v) is 16.3. The summed E-state index contributed by atoms with van der Waals surface area (Å²) >= 11 is 0. The topological polar surface area (TPSA) is 107 Å². The van der Waals surface area contributed by atoms with Gasteiger partial charge in [-0.25, -0.2) is 0 Å². The Morgan fingerprint density at radius 2 is 1.76 bits per heavy atom. The summed E-state index contributed by atoms with van der Waals surface area (Å²) in [5.41, 5.74) is 3.01. The smallest absolute Gasteiger partial charge is 0.312 e. The second-order valence-electron chi connectivity index (χ2n) is 6.68. The molecule has 3 aromatic rings. The number of ketones is 1. The van der Waals surface area contributed by atoms with Crippen molar-refractivity contribution in [1.29, 1.82) is 0 Å². The number of aromatic nitrogens is 2. The zero-order chi connectivity index (χ0) is 21.1. The molecule has 0 radical (unpaired) electrons. The van der Waals surface area contributed by atoms with Crippen molar-refractivity contribution in [2.24, 2.45) is 0 Å². The first-order chi connectivity index (χ1) is 13.8. The fraction of sp³-hybridized carbons (Fsp3) is 0.190. The van der Waals surface area contributed by atoms with Gasteiger partial charge in [0.2, 0.25) is 0 Å². The molecule has 0 aliphatic rings. The molecule has 8 heteroatoms. The maximum atomic E-state index is 12.8. The number of Topliss-reactive ketones (excluding diaryl/α,β-unsaturated/α-hetero) is 1. The summed E-state index contributed by atoms with van der Waals surface area (Å²) in [6.45, 7) is 4.93. The normalized spacial score (nSPS) is 10.6. The molecule has 0 spiro atoms. The number of anilines is 1. The number of nitrogens with zero attached hydrogens (tertiary/aromatic N) is 3. The summed E-state index contributed by atoms with van der Waals surface area (Å²) in [5.74, 6) is -0.362. The summed E-state index contributed by atoms with van der Waals surface area (Å²) in [7, 11) is 0. The van der Waals surface area contributed by atoms with Gasteiger partial charge in [-0.05, 0) is 56.7 Å². The van der Waals surface area contributed by atoms with E-state index in [2.05, 4.69) is 10.4 Å². The van der Waals surface area contributed by atoms with Gasteiger partial charge in [0, 0.05) is 16.8 Å². The van der Waals surface area contributed by atoms with Gasteiger partial charge in [-0.1, -0.05) is 18.2 Å². The van der Waals surface area contributed by atoms with Gasteiger partial charge in [-0.3, -0.25) is 24.4 Å². The molecule has 3 rings (SSSR count). The van der Waals surface area contributed by atoms with Crippen molar-refractivity contribution in [2.45, 2.75) is 27.3 Å². The lowest BCUT2D eigenvalue weighted by molar-refractivity contribution is -0.386. The van der Waals surface area contributed by atoms with Crippen molar-refractivity contribution in [3.05, 3.63) is 86.7 Å². The van der Waals surface area contributed by atoms with E-state index in [9.17, 15) is 19.7 Å². The van der Waals surface area contributed by atoms with Crippen LogP contribution in [0.3, 0.4) is 0 Å². The summed E-state index contributed by atoms with van der Waals surface area (Å²) in [6, 6.07) is 13.7. The summed E-state index contributed by atoms with van der Waals surface area (Å²) in [6.07, 6.45) is 0. The van der Waals surface area contributed by atoms with E-state index in [4.69, 9.17) is 0 Å². The van der Waals surface area contributed by atoms with Gasteiger partial charge in [-0.15, -0.1) is 0 Å². The van der Waals surface area contributed by atoms with Crippen LogP contribution in [-0.4, -0.2) is 26.4 Å². The van der Waals surface area contributed by atoms with Crippen molar-refractivity contribution in [3.8, 4) is 0 Å². The van der Waals surface area contributed by atoms with Gasteiger partial charge < -0.3 is 5.32 Å².